The van der Waals surface area contributed by atoms with Crippen LogP contribution in [0.1, 0.15) is 31.7 Å². The highest BCUT2D eigenvalue weighted by atomic mass is 16.5. The van der Waals surface area contributed by atoms with Crippen LogP contribution in [0.25, 0.3) is 0 Å². The standard InChI is InChI=1S/C14H20O4/c1-3-9-18-12-8-7-11(10-13(12)17-2)5-4-6-14(15)16/h7-8,10H,3-6,9H2,1-2H3,(H,15,16). The summed E-state index contributed by atoms with van der Waals surface area (Å²) in [5.41, 5.74) is 1.07. The maximum Gasteiger partial charge on any atom is 0.303 e. The number of aliphatic carboxylic acids is 1. The normalized spacial score (nSPS) is 10.1. The third kappa shape index (κ3) is 4.65. The SMILES string of the molecule is CCCOc1ccc(CCCC(=O)O)cc1OC. The van der Waals surface area contributed by atoms with E-state index in [4.69, 9.17) is 14.6 Å². The molecular formula is C14H20O4. The molecule has 100 valence electrons. The average molecular weight is 252 g/mol. The van der Waals surface area contributed by atoms with Crippen molar-refractivity contribution >= 4 is 5.97 Å². The predicted octanol–water partition coefficient (Wildman–Crippen LogP) is 2.89. The highest BCUT2D eigenvalue weighted by Gasteiger charge is 2.06. The van der Waals surface area contributed by atoms with E-state index in [0.29, 0.717) is 18.8 Å². The monoisotopic (exact) mass is 252 g/mol. The molecule has 1 N–H and O–H groups in total. The van der Waals surface area contributed by atoms with Gasteiger partial charge in [-0.05, 0) is 37.0 Å². The van der Waals surface area contributed by atoms with Gasteiger partial charge in [0.15, 0.2) is 11.5 Å². The molecule has 0 amide bonds. The van der Waals surface area contributed by atoms with Crippen molar-refractivity contribution in [2.75, 3.05) is 13.7 Å². The van der Waals surface area contributed by atoms with Crippen LogP contribution in [-0.2, 0) is 11.2 Å². The lowest BCUT2D eigenvalue weighted by Crippen LogP contribution is -1.99. The van der Waals surface area contributed by atoms with Crippen molar-refractivity contribution in [1.82, 2.24) is 0 Å². The molecule has 0 radical (unpaired) electrons. The summed E-state index contributed by atoms with van der Waals surface area (Å²) in [6.45, 7) is 2.71. The molecular weight excluding hydrogens is 232 g/mol. The molecule has 4 heteroatoms. The van der Waals surface area contributed by atoms with Crippen LogP contribution >= 0.6 is 0 Å². The first-order valence-electron chi connectivity index (χ1n) is 6.19. The van der Waals surface area contributed by atoms with Crippen LogP contribution in [0.2, 0.25) is 0 Å². The average Bonchev–Trinajstić information content (AvgIpc) is 2.36. The molecule has 0 aliphatic rings. The van der Waals surface area contributed by atoms with Crippen LogP contribution in [0.5, 0.6) is 11.5 Å². The second-order valence-corrected chi connectivity index (χ2v) is 4.08. The second kappa shape index (κ2) is 7.58. The van der Waals surface area contributed by atoms with Gasteiger partial charge in [-0.2, -0.15) is 0 Å². The molecule has 0 saturated carbocycles. The molecule has 0 spiro atoms. The third-order valence-electron chi connectivity index (χ3n) is 2.55. The van der Waals surface area contributed by atoms with Crippen LogP contribution in [-0.4, -0.2) is 24.8 Å². The molecule has 1 aromatic rings. The molecule has 4 nitrogen and oxygen atoms in total. The Morgan fingerprint density at radius 2 is 2.11 bits per heavy atom. The largest absolute Gasteiger partial charge is 0.493 e. The number of methoxy groups -OCH3 is 1. The van der Waals surface area contributed by atoms with E-state index in [-0.39, 0.29) is 6.42 Å². The van der Waals surface area contributed by atoms with E-state index in [0.717, 1.165) is 24.2 Å². The Bertz CT molecular complexity index is 387. The summed E-state index contributed by atoms with van der Waals surface area (Å²) in [4.78, 5) is 10.4. The van der Waals surface area contributed by atoms with Crippen LogP contribution < -0.4 is 9.47 Å². The van der Waals surface area contributed by atoms with Crippen molar-refractivity contribution in [3.63, 3.8) is 0 Å². The summed E-state index contributed by atoms with van der Waals surface area (Å²) < 4.78 is 10.8. The van der Waals surface area contributed by atoms with Gasteiger partial charge in [0.2, 0.25) is 0 Å². The Morgan fingerprint density at radius 3 is 2.72 bits per heavy atom. The number of rotatable bonds is 8. The third-order valence-corrected chi connectivity index (χ3v) is 2.55. The van der Waals surface area contributed by atoms with E-state index >= 15 is 0 Å². The molecule has 0 heterocycles. The topological polar surface area (TPSA) is 55.8 Å². The van der Waals surface area contributed by atoms with Crippen molar-refractivity contribution in [2.45, 2.75) is 32.6 Å². The van der Waals surface area contributed by atoms with Gasteiger partial charge in [-0.15, -0.1) is 0 Å². The van der Waals surface area contributed by atoms with Gasteiger partial charge >= 0.3 is 5.97 Å². The smallest absolute Gasteiger partial charge is 0.303 e. The van der Waals surface area contributed by atoms with E-state index in [1.165, 1.54) is 0 Å². The fourth-order valence-electron chi connectivity index (χ4n) is 1.64. The maximum atomic E-state index is 10.4. The minimum absolute atomic E-state index is 0.191. The van der Waals surface area contributed by atoms with Gasteiger partial charge in [0.05, 0.1) is 13.7 Å². The molecule has 1 aromatic carbocycles. The van der Waals surface area contributed by atoms with Crippen LogP contribution in [0, 0.1) is 0 Å². The Kier molecular flexibility index (Phi) is 6.05. The number of carboxylic acid groups (broad SMARTS) is 1. The summed E-state index contributed by atoms with van der Waals surface area (Å²) in [7, 11) is 1.61. The number of hydrogen-bond acceptors (Lipinski definition) is 3. The number of benzene rings is 1. The van der Waals surface area contributed by atoms with Crippen molar-refractivity contribution in [2.24, 2.45) is 0 Å². The predicted molar refractivity (Wildman–Crippen MR) is 69.4 cm³/mol. The number of ether oxygens (including phenoxy) is 2. The first-order valence-corrected chi connectivity index (χ1v) is 6.19. The number of carbonyl (C=O) groups is 1. The molecule has 0 bridgehead atoms. The molecule has 1 rings (SSSR count). The number of carboxylic acids is 1. The molecule has 0 atom stereocenters. The summed E-state index contributed by atoms with van der Waals surface area (Å²) in [6, 6.07) is 5.74. The maximum absolute atomic E-state index is 10.4. The number of hydrogen-bond donors (Lipinski definition) is 1. The lowest BCUT2D eigenvalue weighted by Gasteiger charge is -2.11. The van der Waals surface area contributed by atoms with Gasteiger partial charge in [-0.3, -0.25) is 4.79 Å². The number of aryl methyl sites for hydroxylation is 1. The highest BCUT2D eigenvalue weighted by molar-refractivity contribution is 5.66. The van der Waals surface area contributed by atoms with Crippen LogP contribution in [0.3, 0.4) is 0 Å². The quantitative estimate of drug-likeness (QED) is 0.773. The summed E-state index contributed by atoms with van der Waals surface area (Å²) in [6.07, 6.45) is 2.50. The van der Waals surface area contributed by atoms with Gasteiger partial charge in [0.25, 0.3) is 0 Å². The lowest BCUT2D eigenvalue weighted by molar-refractivity contribution is -0.137. The van der Waals surface area contributed by atoms with Crippen molar-refractivity contribution < 1.29 is 19.4 Å². The van der Waals surface area contributed by atoms with Gasteiger partial charge < -0.3 is 14.6 Å². The Labute approximate surface area is 108 Å². The van der Waals surface area contributed by atoms with E-state index in [1.807, 2.05) is 25.1 Å². The van der Waals surface area contributed by atoms with Gasteiger partial charge in [-0.1, -0.05) is 13.0 Å². The van der Waals surface area contributed by atoms with Crippen LogP contribution in [0.15, 0.2) is 18.2 Å². The summed E-state index contributed by atoms with van der Waals surface area (Å²) in [5.74, 6) is 0.683. The molecule has 0 unspecified atom stereocenters. The molecule has 0 fully saturated rings. The minimum atomic E-state index is -0.759. The van der Waals surface area contributed by atoms with Crippen LogP contribution in [0.4, 0.5) is 0 Å². The minimum Gasteiger partial charge on any atom is -0.493 e. The molecule has 18 heavy (non-hydrogen) atoms. The zero-order valence-electron chi connectivity index (χ0n) is 10.9. The molecule has 0 aliphatic carbocycles. The van der Waals surface area contributed by atoms with E-state index in [2.05, 4.69) is 0 Å². The zero-order chi connectivity index (χ0) is 13.4. The van der Waals surface area contributed by atoms with Gasteiger partial charge in [0.1, 0.15) is 0 Å². The Morgan fingerprint density at radius 1 is 1.33 bits per heavy atom. The van der Waals surface area contributed by atoms with Crippen molar-refractivity contribution in [1.29, 1.82) is 0 Å². The fraction of sp³-hybridized carbons (Fsp3) is 0.500. The Hall–Kier alpha value is -1.71. The lowest BCUT2D eigenvalue weighted by atomic mass is 10.1. The first-order chi connectivity index (χ1) is 8.67. The van der Waals surface area contributed by atoms with Crippen molar-refractivity contribution in [3.8, 4) is 11.5 Å². The summed E-state index contributed by atoms with van der Waals surface area (Å²) in [5, 5.41) is 8.59. The van der Waals surface area contributed by atoms with Crippen molar-refractivity contribution in [3.05, 3.63) is 23.8 Å². The molecule has 0 saturated heterocycles. The fourth-order valence-corrected chi connectivity index (χ4v) is 1.64. The van der Waals surface area contributed by atoms with E-state index < -0.39 is 5.97 Å². The zero-order valence-corrected chi connectivity index (χ0v) is 10.9. The van der Waals surface area contributed by atoms with E-state index in [1.54, 1.807) is 7.11 Å². The highest BCUT2D eigenvalue weighted by Crippen LogP contribution is 2.28. The Balaban J connectivity index is 2.63. The second-order valence-electron chi connectivity index (χ2n) is 4.08. The van der Waals surface area contributed by atoms with E-state index in [9.17, 15) is 4.79 Å². The first kappa shape index (κ1) is 14.4. The molecule has 0 aliphatic heterocycles. The summed E-state index contributed by atoms with van der Waals surface area (Å²) >= 11 is 0. The van der Waals surface area contributed by atoms with Gasteiger partial charge in [-0.25, -0.2) is 0 Å². The van der Waals surface area contributed by atoms with Gasteiger partial charge in [0, 0.05) is 6.42 Å². The molecule has 0 aromatic heterocycles.